The van der Waals surface area contributed by atoms with E-state index in [1.165, 1.54) is 6.42 Å². The molecule has 2 aromatic carbocycles. The standard InChI is InChI=1S/C25H24Cl2N6O2/c1-15(16-3-5-17(26)6-4-16)33-23-22(29-30-33)25(14-21(34)28-23)19-13-18(27)7-8-20(19)32(24(25)35)12-11-31-9-2-10-31/h3-8,13,15H,2,9-12,14H2,1H3,(H,28,34)/t15?,25-/m1/s1. The molecule has 4 heterocycles. The van der Waals surface area contributed by atoms with Gasteiger partial charge in [-0.3, -0.25) is 9.59 Å². The van der Waals surface area contributed by atoms with Crippen molar-refractivity contribution in [3.63, 3.8) is 0 Å². The van der Waals surface area contributed by atoms with Crippen LogP contribution < -0.4 is 10.2 Å². The zero-order valence-corrected chi connectivity index (χ0v) is 20.7. The van der Waals surface area contributed by atoms with Gasteiger partial charge in [0, 0.05) is 28.8 Å². The number of nitrogens with zero attached hydrogens (tertiary/aromatic N) is 5. The average Bonchev–Trinajstić information content (AvgIpc) is 3.32. The maximum absolute atomic E-state index is 14.2. The number of aromatic nitrogens is 3. The lowest BCUT2D eigenvalue weighted by molar-refractivity contribution is -0.126. The summed E-state index contributed by atoms with van der Waals surface area (Å²) in [5, 5.41) is 13.0. The third-order valence-electron chi connectivity index (χ3n) is 7.41. The van der Waals surface area contributed by atoms with E-state index < -0.39 is 5.41 Å². The molecule has 0 radical (unpaired) electrons. The molecule has 10 heteroatoms. The monoisotopic (exact) mass is 510 g/mol. The Morgan fingerprint density at radius 1 is 1.06 bits per heavy atom. The third kappa shape index (κ3) is 3.46. The fraction of sp³-hybridized carbons (Fsp3) is 0.360. The zero-order chi connectivity index (χ0) is 24.3. The molecule has 2 amide bonds. The van der Waals surface area contributed by atoms with E-state index in [9.17, 15) is 9.59 Å². The molecule has 3 aliphatic rings. The second-order valence-corrected chi connectivity index (χ2v) is 10.3. The van der Waals surface area contributed by atoms with E-state index in [1.54, 1.807) is 21.7 Å². The largest absolute Gasteiger partial charge is 0.310 e. The Bertz CT molecular complexity index is 1340. The first-order valence-electron chi connectivity index (χ1n) is 11.7. The van der Waals surface area contributed by atoms with Gasteiger partial charge in [0.1, 0.15) is 11.1 Å². The van der Waals surface area contributed by atoms with Crippen LogP contribution in [0.15, 0.2) is 42.5 Å². The van der Waals surface area contributed by atoms with Gasteiger partial charge in [-0.25, -0.2) is 4.68 Å². The molecular formula is C25H24Cl2N6O2. The van der Waals surface area contributed by atoms with Gasteiger partial charge in [-0.05, 0) is 67.9 Å². The second kappa shape index (κ2) is 8.33. The van der Waals surface area contributed by atoms with Crippen LogP contribution >= 0.6 is 23.2 Å². The molecule has 0 aliphatic carbocycles. The molecule has 1 spiro atoms. The SMILES string of the molecule is CC(c1ccc(Cl)cc1)n1nnc2c1NC(=O)C[C@]21C(=O)N(CCN2CCC2)c2ccc(Cl)cc21. The molecule has 8 nitrogen and oxygen atoms in total. The van der Waals surface area contributed by atoms with Crippen molar-refractivity contribution in [3.05, 3.63) is 69.3 Å². The molecule has 6 rings (SSSR count). The number of likely N-dealkylation sites (tertiary alicyclic amines) is 1. The highest BCUT2D eigenvalue weighted by Gasteiger charge is 2.58. The Hall–Kier alpha value is -2.94. The van der Waals surface area contributed by atoms with Crippen molar-refractivity contribution in [1.82, 2.24) is 19.9 Å². The molecule has 1 N–H and O–H groups in total. The Kier molecular flexibility index (Phi) is 5.36. The highest BCUT2D eigenvalue weighted by molar-refractivity contribution is 6.31. The number of hydrogen-bond donors (Lipinski definition) is 1. The zero-order valence-electron chi connectivity index (χ0n) is 19.2. The summed E-state index contributed by atoms with van der Waals surface area (Å²) in [5.41, 5.74) is 1.64. The first kappa shape index (κ1) is 22.5. The van der Waals surface area contributed by atoms with Crippen LogP contribution in [0.4, 0.5) is 11.5 Å². The lowest BCUT2D eigenvalue weighted by Gasteiger charge is -2.34. The molecule has 1 unspecified atom stereocenters. The van der Waals surface area contributed by atoms with Gasteiger partial charge in [0.15, 0.2) is 5.82 Å². The van der Waals surface area contributed by atoms with E-state index in [0.717, 1.165) is 30.9 Å². The molecule has 2 atom stereocenters. The van der Waals surface area contributed by atoms with Gasteiger partial charge in [-0.1, -0.05) is 40.5 Å². The summed E-state index contributed by atoms with van der Waals surface area (Å²) in [6.07, 6.45) is 1.14. The molecule has 180 valence electrons. The molecule has 0 saturated carbocycles. The minimum absolute atomic E-state index is 0.0413. The number of halogens is 2. The van der Waals surface area contributed by atoms with E-state index in [0.29, 0.717) is 33.7 Å². The Morgan fingerprint density at radius 2 is 1.80 bits per heavy atom. The van der Waals surface area contributed by atoms with E-state index >= 15 is 0 Å². The molecule has 1 fully saturated rings. The van der Waals surface area contributed by atoms with Gasteiger partial charge >= 0.3 is 0 Å². The number of anilines is 2. The van der Waals surface area contributed by atoms with Gasteiger partial charge in [-0.15, -0.1) is 5.10 Å². The second-order valence-electron chi connectivity index (χ2n) is 9.40. The van der Waals surface area contributed by atoms with E-state index in [1.807, 2.05) is 37.3 Å². The normalized spacial score (nSPS) is 22.1. The van der Waals surface area contributed by atoms with Crippen LogP contribution in [0.3, 0.4) is 0 Å². The first-order chi connectivity index (χ1) is 16.9. The fourth-order valence-electron chi connectivity index (χ4n) is 5.36. The number of fused-ring (bicyclic) bond motifs is 4. The topological polar surface area (TPSA) is 83.4 Å². The van der Waals surface area contributed by atoms with Crippen LogP contribution in [0.2, 0.25) is 10.0 Å². The maximum Gasteiger partial charge on any atom is 0.244 e. The summed E-state index contributed by atoms with van der Waals surface area (Å²) in [6, 6.07) is 12.7. The lowest BCUT2D eigenvalue weighted by atomic mass is 9.73. The summed E-state index contributed by atoms with van der Waals surface area (Å²) in [7, 11) is 0. The molecule has 3 aromatic rings. The number of amides is 2. The van der Waals surface area contributed by atoms with Crippen molar-refractivity contribution in [1.29, 1.82) is 0 Å². The van der Waals surface area contributed by atoms with Crippen LogP contribution in [0.5, 0.6) is 0 Å². The van der Waals surface area contributed by atoms with Crippen LogP contribution in [0, 0.1) is 0 Å². The quantitative estimate of drug-likeness (QED) is 0.563. The van der Waals surface area contributed by atoms with Crippen LogP contribution in [0.1, 0.15) is 42.6 Å². The van der Waals surface area contributed by atoms with Gasteiger partial charge in [-0.2, -0.15) is 0 Å². The molecule has 35 heavy (non-hydrogen) atoms. The van der Waals surface area contributed by atoms with Crippen molar-refractivity contribution >= 4 is 46.5 Å². The highest BCUT2D eigenvalue weighted by Crippen LogP contribution is 2.52. The Labute approximate surface area is 212 Å². The summed E-state index contributed by atoms with van der Waals surface area (Å²) in [4.78, 5) is 31.4. The number of carbonyl (C=O) groups is 2. The highest BCUT2D eigenvalue weighted by atomic mass is 35.5. The van der Waals surface area contributed by atoms with E-state index in [2.05, 4.69) is 20.5 Å². The molecule has 3 aliphatic heterocycles. The third-order valence-corrected chi connectivity index (χ3v) is 7.90. The van der Waals surface area contributed by atoms with Crippen molar-refractivity contribution in [3.8, 4) is 0 Å². The van der Waals surface area contributed by atoms with E-state index in [-0.39, 0.29) is 24.3 Å². The smallest absolute Gasteiger partial charge is 0.244 e. The summed E-state index contributed by atoms with van der Waals surface area (Å²) >= 11 is 12.5. The number of nitrogens with one attached hydrogen (secondary N) is 1. The van der Waals surface area contributed by atoms with Crippen LogP contribution in [0.25, 0.3) is 0 Å². The minimum Gasteiger partial charge on any atom is -0.310 e. The first-order valence-corrected chi connectivity index (χ1v) is 12.5. The van der Waals surface area contributed by atoms with Gasteiger partial charge < -0.3 is 15.1 Å². The lowest BCUT2D eigenvalue weighted by Crippen LogP contribution is -2.49. The van der Waals surface area contributed by atoms with Crippen LogP contribution in [-0.2, 0) is 15.0 Å². The molecule has 1 saturated heterocycles. The van der Waals surface area contributed by atoms with Gasteiger partial charge in [0.2, 0.25) is 11.8 Å². The number of benzene rings is 2. The minimum atomic E-state index is -1.26. The van der Waals surface area contributed by atoms with Gasteiger partial charge in [0.05, 0.1) is 12.5 Å². The molecule has 1 aromatic heterocycles. The predicted molar refractivity (Wildman–Crippen MR) is 134 cm³/mol. The summed E-state index contributed by atoms with van der Waals surface area (Å²) in [6.45, 7) is 5.38. The number of carbonyl (C=O) groups excluding carboxylic acids is 2. The fourth-order valence-corrected chi connectivity index (χ4v) is 5.66. The Balaban J connectivity index is 1.46. The van der Waals surface area contributed by atoms with Crippen molar-refractivity contribution in [2.45, 2.75) is 31.2 Å². The number of rotatable bonds is 5. The van der Waals surface area contributed by atoms with Crippen molar-refractivity contribution < 1.29 is 9.59 Å². The molecular weight excluding hydrogens is 487 g/mol. The van der Waals surface area contributed by atoms with E-state index in [4.69, 9.17) is 23.2 Å². The maximum atomic E-state index is 14.2. The molecule has 0 bridgehead atoms. The van der Waals surface area contributed by atoms with Gasteiger partial charge in [0.25, 0.3) is 0 Å². The number of hydrogen-bond acceptors (Lipinski definition) is 5. The van der Waals surface area contributed by atoms with Crippen molar-refractivity contribution in [2.24, 2.45) is 0 Å². The van der Waals surface area contributed by atoms with Crippen molar-refractivity contribution in [2.75, 3.05) is 36.4 Å². The predicted octanol–water partition coefficient (Wildman–Crippen LogP) is 3.87. The van der Waals surface area contributed by atoms with Crippen LogP contribution in [-0.4, -0.2) is 57.9 Å². The Morgan fingerprint density at radius 3 is 2.51 bits per heavy atom. The summed E-state index contributed by atoms with van der Waals surface area (Å²) < 4.78 is 1.66. The summed E-state index contributed by atoms with van der Waals surface area (Å²) in [5.74, 6) is 0.0263. The average molecular weight is 511 g/mol.